The van der Waals surface area contributed by atoms with Crippen LogP contribution in [-0.4, -0.2) is 14.8 Å². The molecule has 2 aromatic rings. The number of aromatic nitrogens is 1. The molecule has 0 fully saturated rings. The first-order valence-electron chi connectivity index (χ1n) is 6.82. The smallest absolute Gasteiger partial charge is 0.417 e. The van der Waals surface area contributed by atoms with Crippen molar-refractivity contribution in [1.82, 2.24) is 4.57 Å². The Morgan fingerprint density at radius 1 is 1.00 bits per heavy atom. The molecule has 1 aliphatic carbocycles. The van der Waals surface area contributed by atoms with Crippen molar-refractivity contribution in [2.75, 3.05) is 0 Å². The molecule has 3 nitrogen and oxygen atoms in total. The Hall–Kier alpha value is -1.82. The first kappa shape index (κ1) is 15.1. The fourth-order valence-corrected chi connectivity index (χ4v) is 3.11. The lowest BCUT2D eigenvalue weighted by Crippen LogP contribution is -2.07. The zero-order valence-corrected chi connectivity index (χ0v) is 12.2. The molecule has 0 radical (unpaired) electrons. The number of fused-ring (bicyclic) bond motifs is 1. The Labute approximate surface area is 129 Å². The summed E-state index contributed by atoms with van der Waals surface area (Å²) in [4.78, 5) is 0. The molecular formula is C15H13ClF3NO2. The SMILES string of the molecule is Oc1c2c(c(O)n1-c1ccc(Cl)c(C(F)(F)F)c1)CCCC2. The number of rotatable bonds is 1. The Balaban J connectivity index is 2.19. The van der Waals surface area contributed by atoms with E-state index in [9.17, 15) is 23.4 Å². The van der Waals surface area contributed by atoms with Gasteiger partial charge in [-0.3, -0.25) is 4.57 Å². The third-order valence-electron chi connectivity index (χ3n) is 3.94. The van der Waals surface area contributed by atoms with Crippen LogP contribution in [0.15, 0.2) is 18.2 Å². The maximum absolute atomic E-state index is 13.0. The molecule has 1 aromatic heterocycles. The maximum atomic E-state index is 13.0. The first-order chi connectivity index (χ1) is 10.3. The molecule has 1 aliphatic rings. The minimum atomic E-state index is -4.61. The van der Waals surface area contributed by atoms with Crippen molar-refractivity contribution in [3.8, 4) is 17.4 Å². The number of benzene rings is 1. The summed E-state index contributed by atoms with van der Waals surface area (Å²) in [5.41, 5.74) is 0.234. The minimum absolute atomic E-state index is 0.0288. The predicted molar refractivity (Wildman–Crippen MR) is 75.8 cm³/mol. The molecule has 0 bridgehead atoms. The van der Waals surface area contributed by atoms with Gasteiger partial charge in [0.1, 0.15) is 0 Å². The standard InChI is InChI=1S/C15H13ClF3NO2/c16-12-6-5-8(7-11(12)15(17,18)19)20-13(21)9-3-1-2-4-10(9)14(20)22/h5-7,21-22H,1-4H2. The number of nitrogens with zero attached hydrogens (tertiary/aromatic N) is 1. The highest BCUT2D eigenvalue weighted by Crippen LogP contribution is 2.42. The lowest BCUT2D eigenvalue weighted by atomic mass is 9.95. The quantitative estimate of drug-likeness (QED) is 0.811. The van der Waals surface area contributed by atoms with Crippen LogP contribution in [0.25, 0.3) is 5.69 Å². The summed E-state index contributed by atoms with van der Waals surface area (Å²) in [6, 6.07) is 3.27. The van der Waals surface area contributed by atoms with E-state index < -0.39 is 16.8 Å². The normalized spacial score (nSPS) is 14.9. The fraction of sp³-hybridized carbons (Fsp3) is 0.333. The topological polar surface area (TPSA) is 45.4 Å². The van der Waals surface area contributed by atoms with Gasteiger partial charge >= 0.3 is 6.18 Å². The first-order valence-corrected chi connectivity index (χ1v) is 7.20. The van der Waals surface area contributed by atoms with Crippen molar-refractivity contribution in [1.29, 1.82) is 0 Å². The average molecular weight is 332 g/mol. The highest BCUT2D eigenvalue weighted by atomic mass is 35.5. The summed E-state index contributed by atoms with van der Waals surface area (Å²) in [6.07, 6.45) is -1.66. The van der Waals surface area contributed by atoms with Crippen molar-refractivity contribution in [2.45, 2.75) is 31.9 Å². The molecule has 0 unspecified atom stereocenters. The number of alkyl halides is 3. The Morgan fingerprint density at radius 2 is 1.55 bits per heavy atom. The average Bonchev–Trinajstić information content (AvgIpc) is 2.71. The van der Waals surface area contributed by atoms with Gasteiger partial charge in [0.2, 0.25) is 11.8 Å². The van der Waals surface area contributed by atoms with Crippen LogP contribution in [0.3, 0.4) is 0 Å². The van der Waals surface area contributed by atoms with Gasteiger partial charge in [0.25, 0.3) is 0 Å². The molecule has 2 N–H and O–H groups in total. The lowest BCUT2D eigenvalue weighted by molar-refractivity contribution is -0.137. The lowest BCUT2D eigenvalue weighted by Gasteiger charge is -2.13. The summed E-state index contributed by atoms with van der Waals surface area (Å²) >= 11 is 5.59. The highest BCUT2D eigenvalue weighted by Gasteiger charge is 2.34. The summed E-state index contributed by atoms with van der Waals surface area (Å²) in [7, 11) is 0. The summed E-state index contributed by atoms with van der Waals surface area (Å²) in [5.74, 6) is -0.412. The van der Waals surface area contributed by atoms with Gasteiger partial charge in [-0.15, -0.1) is 0 Å². The van der Waals surface area contributed by atoms with Crippen molar-refractivity contribution in [2.24, 2.45) is 0 Å². The van der Waals surface area contributed by atoms with Crippen LogP contribution < -0.4 is 0 Å². The Morgan fingerprint density at radius 3 is 2.05 bits per heavy atom. The van der Waals surface area contributed by atoms with Crippen LogP contribution in [0, 0.1) is 0 Å². The molecule has 1 aromatic carbocycles. The van der Waals surface area contributed by atoms with E-state index in [1.54, 1.807) is 0 Å². The largest absolute Gasteiger partial charge is 0.494 e. The van der Waals surface area contributed by atoms with Gasteiger partial charge in [-0.2, -0.15) is 13.2 Å². The number of halogens is 4. The second-order valence-electron chi connectivity index (χ2n) is 5.31. The van der Waals surface area contributed by atoms with Crippen molar-refractivity contribution >= 4 is 11.6 Å². The van der Waals surface area contributed by atoms with Gasteiger partial charge in [-0.1, -0.05) is 11.6 Å². The number of hydrogen-bond donors (Lipinski definition) is 2. The molecule has 0 amide bonds. The highest BCUT2D eigenvalue weighted by molar-refractivity contribution is 6.31. The van der Waals surface area contributed by atoms with Gasteiger partial charge in [0.05, 0.1) is 16.3 Å². The molecule has 3 rings (SSSR count). The van der Waals surface area contributed by atoms with Crippen molar-refractivity contribution < 1.29 is 23.4 Å². The number of hydrogen-bond acceptors (Lipinski definition) is 2. The molecule has 0 atom stereocenters. The molecule has 1 heterocycles. The van der Waals surface area contributed by atoms with Crippen LogP contribution in [0.5, 0.6) is 11.8 Å². The van der Waals surface area contributed by atoms with Gasteiger partial charge in [0, 0.05) is 11.1 Å². The zero-order chi connectivity index (χ0) is 16.1. The van der Waals surface area contributed by atoms with Crippen LogP contribution in [0.4, 0.5) is 13.2 Å². The number of aromatic hydroxyl groups is 2. The molecule has 22 heavy (non-hydrogen) atoms. The van der Waals surface area contributed by atoms with Crippen molar-refractivity contribution in [3.63, 3.8) is 0 Å². The van der Waals surface area contributed by atoms with Crippen LogP contribution in [0.1, 0.15) is 29.5 Å². The van der Waals surface area contributed by atoms with E-state index in [0.29, 0.717) is 24.0 Å². The molecular weight excluding hydrogens is 319 g/mol. The van der Waals surface area contributed by atoms with E-state index in [1.165, 1.54) is 6.07 Å². The summed E-state index contributed by atoms with van der Waals surface area (Å²) < 4.78 is 39.9. The van der Waals surface area contributed by atoms with Gasteiger partial charge in [-0.05, 0) is 43.9 Å². The third kappa shape index (κ3) is 2.31. The van der Waals surface area contributed by atoms with E-state index in [0.717, 1.165) is 29.5 Å². The Kier molecular flexibility index (Phi) is 3.51. The molecule has 0 spiro atoms. The monoisotopic (exact) mass is 331 g/mol. The second-order valence-corrected chi connectivity index (χ2v) is 5.72. The summed E-state index contributed by atoms with van der Waals surface area (Å²) in [6.45, 7) is 0. The second kappa shape index (κ2) is 5.12. The summed E-state index contributed by atoms with van der Waals surface area (Å²) in [5, 5.41) is 20.1. The third-order valence-corrected chi connectivity index (χ3v) is 4.27. The maximum Gasteiger partial charge on any atom is 0.417 e. The minimum Gasteiger partial charge on any atom is -0.494 e. The van der Waals surface area contributed by atoms with Gasteiger partial charge in [-0.25, -0.2) is 0 Å². The molecule has 0 saturated heterocycles. The molecule has 118 valence electrons. The van der Waals surface area contributed by atoms with E-state index in [-0.39, 0.29) is 17.4 Å². The van der Waals surface area contributed by atoms with Crippen LogP contribution in [-0.2, 0) is 19.0 Å². The van der Waals surface area contributed by atoms with Crippen LogP contribution in [0.2, 0.25) is 5.02 Å². The predicted octanol–water partition coefficient (Wildman–Crippen LogP) is 4.44. The molecule has 7 heteroatoms. The van der Waals surface area contributed by atoms with Crippen molar-refractivity contribution in [3.05, 3.63) is 39.9 Å². The van der Waals surface area contributed by atoms with E-state index >= 15 is 0 Å². The molecule has 0 aliphatic heterocycles. The molecule has 0 saturated carbocycles. The fourth-order valence-electron chi connectivity index (χ4n) is 2.88. The van der Waals surface area contributed by atoms with E-state index in [2.05, 4.69) is 0 Å². The van der Waals surface area contributed by atoms with E-state index in [1.807, 2.05) is 0 Å². The zero-order valence-electron chi connectivity index (χ0n) is 11.4. The van der Waals surface area contributed by atoms with Crippen LogP contribution >= 0.6 is 11.6 Å². The van der Waals surface area contributed by atoms with Gasteiger partial charge < -0.3 is 10.2 Å². The van der Waals surface area contributed by atoms with Gasteiger partial charge in [0.15, 0.2) is 0 Å². The Bertz CT molecular complexity index is 708. The van der Waals surface area contributed by atoms with E-state index in [4.69, 9.17) is 11.6 Å².